The van der Waals surface area contributed by atoms with Crippen LogP contribution in [0.1, 0.15) is 33.3 Å². The van der Waals surface area contributed by atoms with Gasteiger partial charge in [-0.2, -0.15) is 0 Å². The summed E-state index contributed by atoms with van der Waals surface area (Å²) in [4.78, 5) is 29.6. The van der Waals surface area contributed by atoms with Crippen LogP contribution in [0.3, 0.4) is 0 Å². The Morgan fingerprint density at radius 1 is 0.964 bits per heavy atom. The van der Waals surface area contributed by atoms with Crippen molar-refractivity contribution in [3.05, 3.63) is 77.7 Å². The van der Waals surface area contributed by atoms with Crippen LogP contribution in [0.5, 0.6) is 0 Å². The quantitative estimate of drug-likeness (QED) is 0.639. The Hall–Kier alpha value is -3.61. The van der Waals surface area contributed by atoms with Gasteiger partial charge in [0, 0.05) is 37.2 Å². The molecule has 1 aromatic carbocycles. The Kier molecular flexibility index (Phi) is 6.06. The van der Waals surface area contributed by atoms with Gasteiger partial charge < -0.3 is 10.2 Å². The third-order valence-electron chi connectivity index (χ3n) is 4.31. The first-order chi connectivity index (χ1) is 13.5. The summed E-state index contributed by atoms with van der Waals surface area (Å²) in [5.41, 5.74) is 2.61. The number of carbonyl (C=O) groups is 2. The van der Waals surface area contributed by atoms with Gasteiger partial charge in [0.05, 0.1) is 0 Å². The summed E-state index contributed by atoms with van der Waals surface area (Å²) in [7, 11) is 1.93. The largest absolute Gasteiger partial charge is 0.358 e. The van der Waals surface area contributed by atoms with Crippen LogP contribution in [0, 0.1) is 0 Å². The maximum Gasteiger partial charge on any atom is 0.276 e. The summed E-state index contributed by atoms with van der Waals surface area (Å²) in [6.07, 6.45) is 4.41. The van der Waals surface area contributed by atoms with E-state index in [0.29, 0.717) is 17.1 Å². The SMILES string of the molecule is CC(=O)c1ccc(NC(=O)c2ccc(N(C)CCc3ccncc3)nn2)cc1. The summed E-state index contributed by atoms with van der Waals surface area (Å²) in [5.74, 6) is 0.317. The van der Waals surface area contributed by atoms with Crippen LogP contribution < -0.4 is 10.2 Å². The molecule has 0 saturated carbocycles. The highest BCUT2D eigenvalue weighted by molar-refractivity contribution is 6.03. The molecule has 0 radical (unpaired) electrons. The van der Waals surface area contributed by atoms with E-state index in [0.717, 1.165) is 13.0 Å². The molecule has 2 heterocycles. The number of nitrogens with one attached hydrogen (secondary N) is 1. The zero-order chi connectivity index (χ0) is 19.9. The number of amides is 1. The fraction of sp³-hybridized carbons (Fsp3) is 0.190. The molecule has 0 aliphatic heterocycles. The highest BCUT2D eigenvalue weighted by Gasteiger charge is 2.11. The fourth-order valence-electron chi connectivity index (χ4n) is 2.59. The predicted molar refractivity (Wildman–Crippen MR) is 108 cm³/mol. The van der Waals surface area contributed by atoms with Crippen molar-refractivity contribution in [3.8, 4) is 0 Å². The van der Waals surface area contributed by atoms with E-state index in [-0.39, 0.29) is 17.4 Å². The second-order valence-corrected chi connectivity index (χ2v) is 6.39. The second kappa shape index (κ2) is 8.85. The molecule has 0 fully saturated rings. The second-order valence-electron chi connectivity index (χ2n) is 6.39. The number of benzene rings is 1. The molecule has 0 bridgehead atoms. The Morgan fingerprint density at radius 3 is 2.29 bits per heavy atom. The first kappa shape index (κ1) is 19.2. The molecular formula is C21H21N5O2. The number of nitrogens with zero attached hydrogens (tertiary/aromatic N) is 4. The zero-order valence-corrected chi connectivity index (χ0v) is 15.8. The van der Waals surface area contributed by atoms with Gasteiger partial charge in [0.25, 0.3) is 5.91 Å². The van der Waals surface area contributed by atoms with Crippen LogP contribution in [0.2, 0.25) is 0 Å². The fourth-order valence-corrected chi connectivity index (χ4v) is 2.59. The van der Waals surface area contributed by atoms with Crippen LogP contribution >= 0.6 is 0 Å². The molecule has 0 aliphatic rings. The van der Waals surface area contributed by atoms with Gasteiger partial charge in [0.1, 0.15) is 0 Å². The van der Waals surface area contributed by atoms with Crippen LogP contribution in [0.25, 0.3) is 0 Å². The van der Waals surface area contributed by atoms with E-state index in [1.165, 1.54) is 12.5 Å². The van der Waals surface area contributed by atoms with E-state index in [1.54, 1.807) is 48.8 Å². The maximum absolute atomic E-state index is 12.3. The van der Waals surface area contributed by atoms with E-state index in [2.05, 4.69) is 20.5 Å². The summed E-state index contributed by atoms with van der Waals surface area (Å²) >= 11 is 0. The van der Waals surface area contributed by atoms with Crippen molar-refractivity contribution in [2.75, 3.05) is 23.8 Å². The summed E-state index contributed by atoms with van der Waals surface area (Å²) in [6.45, 7) is 2.27. The standard InChI is InChI=1S/C21H21N5O2/c1-15(27)17-3-5-18(6-4-17)23-21(28)19-7-8-20(25-24-19)26(2)14-11-16-9-12-22-13-10-16/h3-10,12-13H,11,14H2,1-2H3,(H,23,28). The number of Topliss-reactive ketones (excluding diaryl/α,β-unsaturated/α-hetero) is 1. The number of anilines is 2. The lowest BCUT2D eigenvalue weighted by molar-refractivity contribution is 0.101. The van der Waals surface area contributed by atoms with Crippen molar-refractivity contribution in [1.82, 2.24) is 15.2 Å². The molecule has 3 aromatic rings. The number of rotatable bonds is 7. The molecule has 7 nitrogen and oxygen atoms in total. The highest BCUT2D eigenvalue weighted by atomic mass is 16.2. The van der Waals surface area contributed by atoms with Gasteiger partial charge in [-0.15, -0.1) is 10.2 Å². The lowest BCUT2D eigenvalue weighted by Crippen LogP contribution is -2.22. The van der Waals surface area contributed by atoms with Crippen LogP contribution in [-0.4, -0.2) is 40.5 Å². The molecule has 7 heteroatoms. The molecule has 3 rings (SSSR count). The lowest BCUT2D eigenvalue weighted by atomic mass is 10.1. The normalized spacial score (nSPS) is 10.4. The Labute approximate surface area is 163 Å². The minimum atomic E-state index is -0.353. The molecule has 28 heavy (non-hydrogen) atoms. The van der Waals surface area contributed by atoms with Gasteiger partial charge in [-0.3, -0.25) is 14.6 Å². The summed E-state index contributed by atoms with van der Waals surface area (Å²) in [6, 6.07) is 14.1. The highest BCUT2D eigenvalue weighted by Crippen LogP contribution is 2.13. The molecule has 1 N–H and O–H groups in total. The number of hydrogen-bond acceptors (Lipinski definition) is 6. The van der Waals surface area contributed by atoms with Gasteiger partial charge in [-0.25, -0.2) is 0 Å². The van der Waals surface area contributed by atoms with E-state index < -0.39 is 0 Å². The average Bonchev–Trinajstić information content (AvgIpc) is 2.73. The van der Waals surface area contributed by atoms with Crippen molar-refractivity contribution in [2.24, 2.45) is 0 Å². The average molecular weight is 375 g/mol. The number of ketones is 1. The van der Waals surface area contributed by atoms with Crippen LogP contribution in [-0.2, 0) is 6.42 Å². The molecule has 142 valence electrons. The van der Waals surface area contributed by atoms with Crippen molar-refractivity contribution >= 4 is 23.2 Å². The topological polar surface area (TPSA) is 88.1 Å². The maximum atomic E-state index is 12.3. The zero-order valence-electron chi connectivity index (χ0n) is 15.8. The van der Waals surface area contributed by atoms with Gasteiger partial charge in [0.2, 0.25) is 0 Å². The van der Waals surface area contributed by atoms with Crippen LogP contribution in [0.15, 0.2) is 60.9 Å². The third kappa shape index (κ3) is 4.97. The smallest absolute Gasteiger partial charge is 0.276 e. The Bertz CT molecular complexity index is 941. The molecule has 0 saturated heterocycles. The molecular weight excluding hydrogens is 354 g/mol. The molecule has 0 atom stereocenters. The van der Waals surface area contributed by atoms with Gasteiger partial charge in [0.15, 0.2) is 17.3 Å². The number of aromatic nitrogens is 3. The summed E-state index contributed by atoms with van der Waals surface area (Å²) in [5, 5.41) is 10.9. The Morgan fingerprint density at radius 2 is 1.68 bits per heavy atom. The first-order valence-corrected chi connectivity index (χ1v) is 8.89. The van der Waals surface area contributed by atoms with E-state index >= 15 is 0 Å². The molecule has 1 amide bonds. The van der Waals surface area contributed by atoms with Gasteiger partial charge in [-0.05, 0) is 67.4 Å². The van der Waals surface area contributed by atoms with Gasteiger partial charge in [-0.1, -0.05) is 0 Å². The number of hydrogen-bond donors (Lipinski definition) is 1. The van der Waals surface area contributed by atoms with Crippen molar-refractivity contribution in [1.29, 1.82) is 0 Å². The Balaban J connectivity index is 1.58. The number of pyridine rings is 1. The van der Waals surface area contributed by atoms with Crippen molar-refractivity contribution < 1.29 is 9.59 Å². The molecule has 0 aliphatic carbocycles. The van der Waals surface area contributed by atoms with Crippen molar-refractivity contribution in [3.63, 3.8) is 0 Å². The van der Waals surface area contributed by atoms with Gasteiger partial charge >= 0.3 is 0 Å². The monoisotopic (exact) mass is 375 g/mol. The molecule has 0 unspecified atom stereocenters. The lowest BCUT2D eigenvalue weighted by Gasteiger charge is -2.17. The summed E-state index contributed by atoms with van der Waals surface area (Å²) < 4.78 is 0. The number of likely N-dealkylation sites (N-methyl/N-ethyl adjacent to an activating group) is 1. The van der Waals surface area contributed by atoms with E-state index in [1.807, 2.05) is 24.1 Å². The number of carbonyl (C=O) groups excluding carboxylic acids is 2. The molecule has 0 spiro atoms. The van der Waals surface area contributed by atoms with Crippen LogP contribution in [0.4, 0.5) is 11.5 Å². The van der Waals surface area contributed by atoms with E-state index in [4.69, 9.17) is 0 Å². The molecule has 2 aromatic heterocycles. The predicted octanol–water partition coefficient (Wildman–Crippen LogP) is 3.01. The first-order valence-electron chi connectivity index (χ1n) is 8.89. The minimum Gasteiger partial charge on any atom is -0.358 e. The third-order valence-corrected chi connectivity index (χ3v) is 4.31. The van der Waals surface area contributed by atoms with Crippen molar-refractivity contribution in [2.45, 2.75) is 13.3 Å². The minimum absolute atomic E-state index is 0.0209. The van der Waals surface area contributed by atoms with E-state index in [9.17, 15) is 9.59 Å².